The second-order valence-corrected chi connectivity index (χ2v) is 5.73. The lowest BCUT2D eigenvalue weighted by Gasteiger charge is -2.27. The average molecular weight is 260 g/mol. The molecule has 3 nitrogen and oxygen atoms in total. The normalized spacial score (nSPS) is 21.2. The molecule has 1 N–H and O–H groups in total. The Balaban J connectivity index is 2.11. The summed E-state index contributed by atoms with van der Waals surface area (Å²) in [6, 6.07) is 8.82. The number of hydrogen-bond donors (Lipinski definition) is 1. The zero-order valence-electron chi connectivity index (χ0n) is 12.3. The van der Waals surface area contributed by atoms with Gasteiger partial charge in [0.2, 0.25) is 5.91 Å². The van der Waals surface area contributed by atoms with E-state index in [-0.39, 0.29) is 18.0 Å². The van der Waals surface area contributed by atoms with E-state index in [1.54, 1.807) is 0 Å². The largest absolute Gasteiger partial charge is 0.334 e. The molecule has 1 aromatic rings. The summed E-state index contributed by atoms with van der Waals surface area (Å²) < 4.78 is 0. The van der Waals surface area contributed by atoms with E-state index in [0.717, 1.165) is 13.0 Å². The van der Waals surface area contributed by atoms with E-state index < -0.39 is 0 Å². The van der Waals surface area contributed by atoms with Crippen molar-refractivity contribution in [3.05, 3.63) is 35.4 Å². The van der Waals surface area contributed by atoms with Crippen molar-refractivity contribution in [3.63, 3.8) is 0 Å². The molecule has 0 bridgehead atoms. The molecule has 1 aliphatic heterocycles. The van der Waals surface area contributed by atoms with Crippen LogP contribution in [0.2, 0.25) is 0 Å². The molecule has 3 heteroatoms. The van der Waals surface area contributed by atoms with Crippen LogP contribution in [-0.2, 0) is 4.79 Å². The molecule has 2 atom stereocenters. The van der Waals surface area contributed by atoms with Gasteiger partial charge in [0.05, 0.1) is 12.1 Å². The van der Waals surface area contributed by atoms with Gasteiger partial charge in [-0.2, -0.15) is 0 Å². The molecule has 0 aliphatic carbocycles. The Kier molecular flexibility index (Phi) is 4.25. The first-order chi connectivity index (χ1) is 9.00. The van der Waals surface area contributed by atoms with Crippen LogP contribution in [0, 0.1) is 6.92 Å². The van der Waals surface area contributed by atoms with Crippen LogP contribution in [-0.4, -0.2) is 29.4 Å². The molecular weight excluding hydrogens is 236 g/mol. The van der Waals surface area contributed by atoms with Crippen molar-refractivity contribution in [3.8, 4) is 0 Å². The second kappa shape index (κ2) is 5.74. The molecule has 0 saturated carbocycles. The summed E-state index contributed by atoms with van der Waals surface area (Å²) in [7, 11) is 0. The number of amides is 1. The highest BCUT2D eigenvalue weighted by Crippen LogP contribution is 2.27. The number of rotatable bonds is 4. The van der Waals surface area contributed by atoms with E-state index in [4.69, 9.17) is 0 Å². The van der Waals surface area contributed by atoms with Crippen molar-refractivity contribution in [2.24, 2.45) is 0 Å². The zero-order valence-corrected chi connectivity index (χ0v) is 12.3. The van der Waals surface area contributed by atoms with Gasteiger partial charge in [-0.15, -0.1) is 0 Å². The molecule has 2 unspecified atom stereocenters. The maximum atomic E-state index is 12.4. The Bertz CT molecular complexity index is 456. The Morgan fingerprint density at radius 1 is 1.26 bits per heavy atom. The van der Waals surface area contributed by atoms with E-state index in [0.29, 0.717) is 6.04 Å². The van der Waals surface area contributed by atoms with Gasteiger partial charge in [-0.05, 0) is 31.4 Å². The summed E-state index contributed by atoms with van der Waals surface area (Å²) in [6.45, 7) is 9.24. The van der Waals surface area contributed by atoms with Crippen molar-refractivity contribution in [1.82, 2.24) is 10.2 Å². The Morgan fingerprint density at radius 3 is 2.58 bits per heavy atom. The smallest absolute Gasteiger partial charge is 0.240 e. The van der Waals surface area contributed by atoms with Crippen molar-refractivity contribution in [1.29, 1.82) is 0 Å². The molecule has 1 saturated heterocycles. The van der Waals surface area contributed by atoms with Crippen LogP contribution in [0.5, 0.6) is 0 Å². The summed E-state index contributed by atoms with van der Waals surface area (Å²) in [5.41, 5.74) is 2.50. The molecule has 19 heavy (non-hydrogen) atoms. The van der Waals surface area contributed by atoms with Gasteiger partial charge in [0.15, 0.2) is 0 Å². The maximum Gasteiger partial charge on any atom is 0.240 e. The van der Waals surface area contributed by atoms with Crippen LogP contribution in [0.1, 0.15) is 44.4 Å². The van der Waals surface area contributed by atoms with Crippen LogP contribution >= 0.6 is 0 Å². The van der Waals surface area contributed by atoms with Gasteiger partial charge >= 0.3 is 0 Å². The molecule has 1 aliphatic rings. The number of carbonyl (C=O) groups is 1. The van der Waals surface area contributed by atoms with Gasteiger partial charge in [-0.1, -0.05) is 38.1 Å². The molecule has 0 radical (unpaired) electrons. The van der Waals surface area contributed by atoms with E-state index in [9.17, 15) is 4.79 Å². The summed E-state index contributed by atoms with van der Waals surface area (Å²) in [5.74, 6) is 0.240. The van der Waals surface area contributed by atoms with Crippen LogP contribution in [0.3, 0.4) is 0 Å². The zero-order chi connectivity index (χ0) is 14.0. The molecule has 1 amide bonds. The summed E-state index contributed by atoms with van der Waals surface area (Å²) >= 11 is 0. The van der Waals surface area contributed by atoms with Crippen molar-refractivity contribution in [2.45, 2.75) is 52.2 Å². The predicted octanol–water partition coefficient (Wildman–Crippen LogP) is 2.65. The molecule has 0 spiro atoms. The summed E-state index contributed by atoms with van der Waals surface area (Å²) in [6.07, 6.45) is 0.910. The lowest BCUT2D eigenvalue weighted by Crippen LogP contribution is -2.42. The summed E-state index contributed by atoms with van der Waals surface area (Å²) in [5, 5.41) is 3.35. The van der Waals surface area contributed by atoms with Crippen LogP contribution in [0.15, 0.2) is 24.3 Å². The van der Waals surface area contributed by atoms with Gasteiger partial charge in [0, 0.05) is 12.6 Å². The molecule has 1 fully saturated rings. The fourth-order valence-corrected chi connectivity index (χ4v) is 2.87. The molecule has 2 rings (SSSR count). The fourth-order valence-electron chi connectivity index (χ4n) is 2.87. The number of carbonyl (C=O) groups excluding carboxylic acids is 1. The highest BCUT2D eigenvalue weighted by atomic mass is 16.2. The van der Waals surface area contributed by atoms with Gasteiger partial charge in [0.25, 0.3) is 0 Å². The number of hydrogen-bond acceptors (Lipinski definition) is 2. The van der Waals surface area contributed by atoms with E-state index in [2.05, 4.69) is 45.1 Å². The first kappa shape index (κ1) is 14.1. The number of nitrogens with one attached hydrogen (secondary N) is 1. The van der Waals surface area contributed by atoms with Crippen molar-refractivity contribution >= 4 is 5.91 Å². The average Bonchev–Trinajstić information content (AvgIpc) is 2.70. The minimum atomic E-state index is -0.00790. The van der Waals surface area contributed by atoms with Crippen molar-refractivity contribution < 1.29 is 4.79 Å². The molecule has 0 aromatic heterocycles. The molecule has 1 heterocycles. The van der Waals surface area contributed by atoms with Crippen LogP contribution in [0.4, 0.5) is 0 Å². The van der Waals surface area contributed by atoms with E-state index in [1.165, 1.54) is 11.1 Å². The third-order valence-electron chi connectivity index (χ3n) is 3.88. The quantitative estimate of drug-likeness (QED) is 0.902. The summed E-state index contributed by atoms with van der Waals surface area (Å²) in [4.78, 5) is 14.4. The lowest BCUT2D eigenvalue weighted by molar-refractivity contribution is -0.131. The van der Waals surface area contributed by atoms with Gasteiger partial charge in [-0.3, -0.25) is 4.79 Å². The highest BCUT2D eigenvalue weighted by molar-refractivity contribution is 5.84. The third kappa shape index (κ3) is 2.98. The second-order valence-electron chi connectivity index (χ2n) is 5.73. The van der Waals surface area contributed by atoms with E-state index in [1.807, 2.05) is 17.0 Å². The number of nitrogens with zero attached hydrogens (tertiary/aromatic N) is 1. The standard InChI is InChI=1S/C16H24N2O/c1-11(2)17-15-9-10-18(16(15)19)13(4)14-8-6-5-7-12(14)3/h5-8,11,13,15,17H,9-10H2,1-4H3. The number of likely N-dealkylation sites (tertiary alicyclic amines) is 1. The van der Waals surface area contributed by atoms with Crippen LogP contribution < -0.4 is 5.32 Å². The van der Waals surface area contributed by atoms with Gasteiger partial charge in [0.1, 0.15) is 0 Å². The minimum absolute atomic E-state index is 0.00790. The third-order valence-corrected chi connectivity index (χ3v) is 3.88. The van der Waals surface area contributed by atoms with Crippen molar-refractivity contribution in [2.75, 3.05) is 6.54 Å². The minimum Gasteiger partial charge on any atom is -0.334 e. The first-order valence-corrected chi connectivity index (χ1v) is 7.12. The topological polar surface area (TPSA) is 32.3 Å². The number of aryl methyl sites for hydroxylation is 1. The first-order valence-electron chi connectivity index (χ1n) is 7.12. The molecule has 1 aromatic carbocycles. The molecular formula is C16H24N2O. The number of benzene rings is 1. The lowest BCUT2D eigenvalue weighted by atomic mass is 10.0. The van der Waals surface area contributed by atoms with Gasteiger partial charge in [-0.25, -0.2) is 0 Å². The Morgan fingerprint density at radius 2 is 1.95 bits per heavy atom. The van der Waals surface area contributed by atoms with E-state index >= 15 is 0 Å². The SMILES string of the molecule is Cc1ccccc1C(C)N1CCC(NC(C)C)C1=O. The van der Waals surface area contributed by atoms with Crippen LogP contribution in [0.25, 0.3) is 0 Å². The monoisotopic (exact) mass is 260 g/mol. The highest BCUT2D eigenvalue weighted by Gasteiger charge is 2.35. The Hall–Kier alpha value is -1.35. The fraction of sp³-hybridized carbons (Fsp3) is 0.562. The van der Waals surface area contributed by atoms with Gasteiger partial charge < -0.3 is 10.2 Å². The Labute approximate surface area is 116 Å². The molecule has 104 valence electrons. The predicted molar refractivity (Wildman–Crippen MR) is 78.0 cm³/mol. The maximum absolute atomic E-state index is 12.4.